The summed E-state index contributed by atoms with van der Waals surface area (Å²) in [6.45, 7) is 2.78. The van der Waals surface area contributed by atoms with E-state index in [1.54, 1.807) is 0 Å². The van der Waals surface area contributed by atoms with Gasteiger partial charge in [-0.05, 0) is 24.6 Å². The molecule has 0 bridgehead atoms. The van der Waals surface area contributed by atoms with Crippen LogP contribution in [0.2, 0.25) is 0 Å². The van der Waals surface area contributed by atoms with E-state index in [4.69, 9.17) is 0 Å². The summed E-state index contributed by atoms with van der Waals surface area (Å²) < 4.78 is 1.82. The molecule has 4 heteroatoms. The van der Waals surface area contributed by atoms with Gasteiger partial charge in [0.15, 0.2) is 0 Å². The largest absolute Gasteiger partial charge is 0.378 e. The van der Waals surface area contributed by atoms with Crippen LogP contribution in [0, 0.1) is 6.92 Å². The van der Waals surface area contributed by atoms with E-state index in [-0.39, 0.29) is 0 Å². The highest BCUT2D eigenvalue weighted by molar-refractivity contribution is 5.82. The van der Waals surface area contributed by atoms with Crippen molar-refractivity contribution in [3.05, 3.63) is 54.0 Å². The van der Waals surface area contributed by atoms with E-state index in [1.807, 2.05) is 49.2 Å². The first-order valence-corrected chi connectivity index (χ1v) is 6.31. The molecule has 0 saturated heterocycles. The standard InChI is InChI=1S/C15H16N4/c1-11-15(10-19(2)18-11)17-9-12-7-8-16-14-6-4-3-5-13(12)14/h3-8,10,17H,9H2,1-2H3. The molecule has 0 aliphatic carbocycles. The Bertz CT molecular complexity index is 710. The third-order valence-electron chi connectivity index (χ3n) is 3.22. The molecule has 96 valence electrons. The van der Waals surface area contributed by atoms with Crippen LogP contribution < -0.4 is 5.32 Å². The maximum Gasteiger partial charge on any atom is 0.0825 e. The predicted molar refractivity (Wildman–Crippen MR) is 77.0 cm³/mol. The van der Waals surface area contributed by atoms with Crippen molar-refractivity contribution in [3.8, 4) is 0 Å². The molecule has 1 aromatic carbocycles. The summed E-state index contributed by atoms with van der Waals surface area (Å²) >= 11 is 0. The fourth-order valence-corrected chi connectivity index (χ4v) is 2.27. The average Bonchev–Trinajstić information content (AvgIpc) is 2.74. The summed E-state index contributed by atoms with van der Waals surface area (Å²) in [6, 6.07) is 10.3. The Hall–Kier alpha value is -2.36. The molecular weight excluding hydrogens is 236 g/mol. The molecule has 0 atom stereocenters. The molecule has 3 aromatic rings. The predicted octanol–water partition coefficient (Wildman–Crippen LogP) is 2.89. The Balaban J connectivity index is 1.88. The van der Waals surface area contributed by atoms with Gasteiger partial charge in [0.1, 0.15) is 0 Å². The number of fused-ring (bicyclic) bond motifs is 1. The first kappa shape index (κ1) is 11.7. The number of pyridine rings is 1. The van der Waals surface area contributed by atoms with E-state index in [2.05, 4.69) is 27.5 Å². The van der Waals surface area contributed by atoms with Crippen LogP contribution >= 0.6 is 0 Å². The van der Waals surface area contributed by atoms with Crippen molar-refractivity contribution in [1.29, 1.82) is 0 Å². The highest BCUT2D eigenvalue weighted by atomic mass is 15.3. The van der Waals surface area contributed by atoms with E-state index < -0.39 is 0 Å². The van der Waals surface area contributed by atoms with Gasteiger partial charge in [0.2, 0.25) is 0 Å². The summed E-state index contributed by atoms with van der Waals surface area (Å²) in [5, 5.41) is 8.95. The Morgan fingerprint density at radius 3 is 2.84 bits per heavy atom. The third-order valence-corrected chi connectivity index (χ3v) is 3.22. The van der Waals surface area contributed by atoms with Gasteiger partial charge in [-0.1, -0.05) is 18.2 Å². The van der Waals surface area contributed by atoms with Crippen molar-refractivity contribution in [2.75, 3.05) is 5.32 Å². The Labute approximate surface area is 112 Å². The van der Waals surface area contributed by atoms with Crippen molar-refractivity contribution in [2.24, 2.45) is 7.05 Å². The van der Waals surface area contributed by atoms with Crippen LogP contribution in [-0.4, -0.2) is 14.8 Å². The van der Waals surface area contributed by atoms with Gasteiger partial charge in [-0.3, -0.25) is 9.67 Å². The zero-order chi connectivity index (χ0) is 13.2. The summed E-state index contributed by atoms with van der Waals surface area (Å²) in [5.41, 5.74) is 4.36. The van der Waals surface area contributed by atoms with Gasteiger partial charge in [-0.2, -0.15) is 5.10 Å². The molecule has 0 aliphatic heterocycles. The zero-order valence-electron chi connectivity index (χ0n) is 11.1. The number of benzene rings is 1. The van der Waals surface area contributed by atoms with Crippen molar-refractivity contribution in [2.45, 2.75) is 13.5 Å². The molecule has 0 aliphatic rings. The second-order valence-electron chi connectivity index (χ2n) is 4.64. The molecule has 2 heterocycles. The summed E-state index contributed by atoms with van der Waals surface area (Å²) in [6.07, 6.45) is 3.86. The molecule has 2 aromatic heterocycles. The quantitative estimate of drug-likeness (QED) is 0.779. The monoisotopic (exact) mass is 252 g/mol. The van der Waals surface area contributed by atoms with Gasteiger partial charge in [-0.15, -0.1) is 0 Å². The van der Waals surface area contributed by atoms with E-state index in [0.717, 1.165) is 23.4 Å². The van der Waals surface area contributed by atoms with E-state index in [1.165, 1.54) is 10.9 Å². The van der Waals surface area contributed by atoms with Gasteiger partial charge in [0, 0.05) is 31.4 Å². The first-order chi connectivity index (χ1) is 9.24. The van der Waals surface area contributed by atoms with Crippen LogP contribution in [0.4, 0.5) is 5.69 Å². The van der Waals surface area contributed by atoms with E-state index in [0.29, 0.717) is 0 Å². The van der Waals surface area contributed by atoms with Crippen LogP contribution in [0.25, 0.3) is 10.9 Å². The number of hydrogen-bond acceptors (Lipinski definition) is 3. The lowest BCUT2D eigenvalue weighted by Gasteiger charge is -2.07. The Morgan fingerprint density at radius 1 is 1.21 bits per heavy atom. The molecule has 0 spiro atoms. The number of aryl methyl sites for hydroxylation is 2. The normalized spacial score (nSPS) is 10.8. The Kier molecular flexibility index (Phi) is 2.91. The Morgan fingerprint density at radius 2 is 2.05 bits per heavy atom. The lowest BCUT2D eigenvalue weighted by atomic mass is 10.1. The number of anilines is 1. The van der Waals surface area contributed by atoms with Gasteiger partial charge in [0.25, 0.3) is 0 Å². The maximum absolute atomic E-state index is 4.37. The number of rotatable bonds is 3. The second-order valence-corrected chi connectivity index (χ2v) is 4.64. The zero-order valence-corrected chi connectivity index (χ0v) is 11.1. The number of nitrogens with zero attached hydrogens (tertiary/aromatic N) is 3. The highest BCUT2D eigenvalue weighted by Gasteiger charge is 2.04. The van der Waals surface area contributed by atoms with Crippen molar-refractivity contribution < 1.29 is 0 Å². The van der Waals surface area contributed by atoms with Crippen molar-refractivity contribution in [3.63, 3.8) is 0 Å². The summed E-state index contributed by atoms with van der Waals surface area (Å²) in [7, 11) is 1.93. The van der Waals surface area contributed by atoms with Crippen LogP contribution in [0.5, 0.6) is 0 Å². The summed E-state index contributed by atoms with van der Waals surface area (Å²) in [4.78, 5) is 4.37. The molecule has 0 unspecified atom stereocenters. The van der Waals surface area contributed by atoms with E-state index >= 15 is 0 Å². The van der Waals surface area contributed by atoms with Crippen molar-refractivity contribution in [1.82, 2.24) is 14.8 Å². The van der Waals surface area contributed by atoms with Crippen LogP contribution in [0.3, 0.4) is 0 Å². The third kappa shape index (κ3) is 2.29. The molecule has 19 heavy (non-hydrogen) atoms. The fourth-order valence-electron chi connectivity index (χ4n) is 2.27. The van der Waals surface area contributed by atoms with Gasteiger partial charge in [-0.25, -0.2) is 0 Å². The lowest BCUT2D eigenvalue weighted by Crippen LogP contribution is -2.00. The van der Waals surface area contributed by atoms with Gasteiger partial charge in [0.05, 0.1) is 16.9 Å². The smallest absolute Gasteiger partial charge is 0.0825 e. The topological polar surface area (TPSA) is 42.7 Å². The number of aromatic nitrogens is 3. The van der Waals surface area contributed by atoms with E-state index in [9.17, 15) is 0 Å². The van der Waals surface area contributed by atoms with Gasteiger partial charge >= 0.3 is 0 Å². The molecule has 0 fully saturated rings. The molecule has 4 nitrogen and oxygen atoms in total. The second kappa shape index (κ2) is 4.72. The molecule has 1 N–H and O–H groups in total. The first-order valence-electron chi connectivity index (χ1n) is 6.31. The number of para-hydroxylation sites is 1. The maximum atomic E-state index is 4.37. The fraction of sp³-hybridized carbons (Fsp3) is 0.200. The SMILES string of the molecule is Cc1nn(C)cc1NCc1ccnc2ccccc12. The molecule has 3 rings (SSSR count). The number of nitrogens with one attached hydrogen (secondary N) is 1. The minimum atomic E-state index is 0.773. The molecule has 0 amide bonds. The van der Waals surface area contributed by atoms with Gasteiger partial charge < -0.3 is 5.32 Å². The van der Waals surface area contributed by atoms with Crippen LogP contribution in [0.1, 0.15) is 11.3 Å². The molecule has 0 radical (unpaired) electrons. The molecular formula is C15H16N4. The highest BCUT2D eigenvalue weighted by Crippen LogP contribution is 2.18. The van der Waals surface area contributed by atoms with Crippen LogP contribution in [-0.2, 0) is 13.6 Å². The van der Waals surface area contributed by atoms with Crippen molar-refractivity contribution >= 4 is 16.6 Å². The molecule has 0 saturated carbocycles. The summed E-state index contributed by atoms with van der Waals surface area (Å²) in [5.74, 6) is 0. The number of hydrogen-bond donors (Lipinski definition) is 1. The minimum Gasteiger partial charge on any atom is -0.378 e. The minimum absolute atomic E-state index is 0.773. The average molecular weight is 252 g/mol. The van der Waals surface area contributed by atoms with Crippen LogP contribution in [0.15, 0.2) is 42.7 Å². The lowest BCUT2D eigenvalue weighted by molar-refractivity contribution is 0.756.